The molecule has 0 aromatic heterocycles. The highest BCUT2D eigenvalue weighted by Gasteiger charge is 2.11. The lowest BCUT2D eigenvalue weighted by atomic mass is 10.2. The van der Waals surface area contributed by atoms with Crippen LogP contribution in [0.2, 0.25) is 0 Å². The fourth-order valence-electron chi connectivity index (χ4n) is 1.32. The highest BCUT2D eigenvalue weighted by atomic mass is 32.2. The number of nitrogens with one attached hydrogen (secondary N) is 2. The fourth-order valence-corrected chi connectivity index (χ4v) is 1.98. The highest BCUT2D eigenvalue weighted by molar-refractivity contribution is 7.90. The minimum absolute atomic E-state index is 0.150. The molecule has 2 N–H and O–H groups in total. The predicted molar refractivity (Wildman–Crippen MR) is 70.4 cm³/mol. The average molecular weight is 270 g/mol. The van der Waals surface area contributed by atoms with Gasteiger partial charge in [-0.2, -0.15) is 0 Å². The third-order valence-corrected chi connectivity index (χ3v) is 3.70. The summed E-state index contributed by atoms with van der Waals surface area (Å²) in [5, 5.41) is 5.73. The van der Waals surface area contributed by atoms with Gasteiger partial charge in [0, 0.05) is 24.4 Å². The summed E-state index contributed by atoms with van der Waals surface area (Å²) in [5.41, 5.74) is 0.348. The van der Waals surface area contributed by atoms with Crippen molar-refractivity contribution in [3.8, 4) is 0 Å². The zero-order valence-electron chi connectivity index (χ0n) is 10.7. The first kappa shape index (κ1) is 14.7. The molecule has 0 aliphatic rings. The number of hydrogen-bond acceptors (Lipinski definition) is 4. The van der Waals surface area contributed by atoms with E-state index < -0.39 is 9.84 Å². The normalized spacial score (nSPS) is 13.1. The van der Waals surface area contributed by atoms with E-state index in [1.165, 1.54) is 12.1 Å². The summed E-state index contributed by atoms with van der Waals surface area (Å²) in [6.07, 6.45) is 1.12. The van der Waals surface area contributed by atoms with E-state index in [4.69, 9.17) is 0 Å². The molecule has 5 nitrogen and oxygen atoms in total. The molecular formula is C12H18N2O3S. The molecule has 1 aromatic rings. The van der Waals surface area contributed by atoms with Crippen LogP contribution < -0.4 is 10.6 Å². The van der Waals surface area contributed by atoms with Gasteiger partial charge in [0.15, 0.2) is 9.84 Å². The third-order valence-electron chi connectivity index (χ3n) is 2.59. The highest BCUT2D eigenvalue weighted by Crippen LogP contribution is 2.11. The standard InChI is InChI=1S/C12H18N2O3S/c1-9(13-2)8-14-12(15)10-5-4-6-11(7-10)18(3,16)17/h4-7,9,13H,8H2,1-3H3,(H,14,15). The van der Waals surface area contributed by atoms with Crippen LogP contribution in [0.4, 0.5) is 0 Å². The van der Waals surface area contributed by atoms with Crippen molar-refractivity contribution in [3.05, 3.63) is 29.8 Å². The topological polar surface area (TPSA) is 75.3 Å². The number of rotatable bonds is 5. The summed E-state index contributed by atoms with van der Waals surface area (Å²) >= 11 is 0. The summed E-state index contributed by atoms with van der Waals surface area (Å²) in [6.45, 7) is 2.42. The van der Waals surface area contributed by atoms with Gasteiger partial charge in [-0.15, -0.1) is 0 Å². The van der Waals surface area contributed by atoms with Gasteiger partial charge < -0.3 is 10.6 Å². The fraction of sp³-hybridized carbons (Fsp3) is 0.417. The van der Waals surface area contributed by atoms with Gasteiger partial charge >= 0.3 is 0 Å². The Morgan fingerprint density at radius 2 is 2.06 bits per heavy atom. The first-order chi connectivity index (χ1) is 8.34. The van der Waals surface area contributed by atoms with Crippen LogP contribution in [-0.2, 0) is 9.84 Å². The molecule has 100 valence electrons. The first-order valence-electron chi connectivity index (χ1n) is 5.60. The predicted octanol–water partition coefficient (Wildman–Crippen LogP) is 0.428. The molecule has 1 aromatic carbocycles. The number of benzene rings is 1. The maximum Gasteiger partial charge on any atom is 0.251 e. The second-order valence-electron chi connectivity index (χ2n) is 4.20. The lowest BCUT2D eigenvalue weighted by Crippen LogP contribution is -2.37. The van der Waals surface area contributed by atoms with Crippen LogP contribution in [0.1, 0.15) is 17.3 Å². The van der Waals surface area contributed by atoms with Crippen molar-refractivity contribution in [2.24, 2.45) is 0 Å². The molecule has 0 fully saturated rings. The van der Waals surface area contributed by atoms with Crippen molar-refractivity contribution < 1.29 is 13.2 Å². The van der Waals surface area contributed by atoms with E-state index in [1.54, 1.807) is 19.2 Å². The van der Waals surface area contributed by atoms with E-state index >= 15 is 0 Å². The van der Waals surface area contributed by atoms with Gasteiger partial charge in [-0.05, 0) is 32.2 Å². The quantitative estimate of drug-likeness (QED) is 0.813. The minimum Gasteiger partial charge on any atom is -0.350 e. The van der Waals surface area contributed by atoms with E-state index in [0.717, 1.165) is 6.26 Å². The first-order valence-corrected chi connectivity index (χ1v) is 7.49. The van der Waals surface area contributed by atoms with Crippen LogP contribution in [0.25, 0.3) is 0 Å². The zero-order valence-corrected chi connectivity index (χ0v) is 11.5. The maximum atomic E-state index is 11.8. The number of sulfone groups is 1. The van der Waals surface area contributed by atoms with Gasteiger partial charge in [0.05, 0.1) is 4.90 Å². The van der Waals surface area contributed by atoms with Crippen molar-refractivity contribution in [2.75, 3.05) is 19.8 Å². The van der Waals surface area contributed by atoms with Gasteiger partial charge in [-0.25, -0.2) is 8.42 Å². The van der Waals surface area contributed by atoms with Gasteiger partial charge in [0.1, 0.15) is 0 Å². The monoisotopic (exact) mass is 270 g/mol. The molecule has 18 heavy (non-hydrogen) atoms. The summed E-state index contributed by atoms with van der Waals surface area (Å²) < 4.78 is 22.8. The van der Waals surface area contributed by atoms with Crippen LogP contribution in [0.5, 0.6) is 0 Å². The molecule has 0 radical (unpaired) electrons. The molecule has 0 saturated carbocycles. The van der Waals surface area contributed by atoms with Crippen LogP contribution in [-0.4, -0.2) is 40.2 Å². The number of amides is 1. The Kier molecular flexibility index (Phi) is 4.86. The Hall–Kier alpha value is -1.40. The van der Waals surface area contributed by atoms with E-state index in [2.05, 4.69) is 10.6 Å². The maximum absolute atomic E-state index is 11.8. The number of carbonyl (C=O) groups is 1. The van der Waals surface area contributed by atoms with Gasteiger partial charge in [-0.1, -0.05) is 6.07 Å². The lowest BCUT2D eigenvalue weighted by Gasteiger charge is -2.11. The summed E-state index contributed by atoms with van der Waals surface area (Å²) in [5.74, 6) is -0.275. The van der Waals surface area contributed by atoms with E-state index in [1.807, 2.05) is 6.92 Å². The lowest BCUT2D eigenvalue weighted by molar-refractivity contribution is 0.0950. The molecule has 0 heterocycles. The van der Waals surface area contributed by atoms with Gasteiger partial charge in [0.25, 0.3) is 5.91 Å². The summed E-state index contributed by atoms with van der Waals surface area (Å²) in [7, 11) is -1.48. The molecular weight excluding hydrogens is 252 g/mol. The van der Waals surface area contributed by atoms with Crippen molar-refractivity contribution >= 4 is 15.7 Å². The average Bonchev–Trinajstić information content (AvgIpc) is 2.34. The molecule has 1 atom stereocenters. The number of carbonyl (C=O) groups excluding carboxylic acids is 1. The van der Waals surface area contributed by atoms with E-state index in [-0.39, 0.29) is 16.8 Å². The van der Waals surface area contributed by atoms with Gasteiger partial charge in [0.2, 0.25) is 0 Å². The van der Waals surface area contributed by atoms with Crippen LogP contribution in [0, 0.1) is 0 Å². The Bertz CT molecular complexity index is 526. The molecule has 0 aliphatic heterocycles. The molecule has 1 rings (SSSR count). The van der Waals surface area contributed by atoms with Crippen molar-refractivity contribution in [3.63, 3.8) is 0 Å². The van der Waals surface area contributed by atoms with Crippen molar-refractivity contribution in [1.82, 2.24) is 10.6 Å². The SMILES string of the molecule is CNC(C)CNC(=O)c1cccc(S(C)(=O)=O)c1. The van der Waals surface area contributed by atoms with Crippen molar-refractivity contribution in [1.29, 1.82) is 0 Å². The Morgan fingerprint density at radius 1 is 1.39 bits per heavy atom. The molecule has 0 aliphatic carbocycles. The molecule has 6 heteroatoms. The smallest absolute Gasteiger partial charge is 0.251 e. The molecule has 1 unspecified atom stereocenters. The minimum atomic E-state index is -3.29. The van der Waals surface area contributed by atoms with Crippen molar-refractivity contribution in [2.45, 2.75) is 17.9 Å². The third kappa shape index (κ3) is 4.12. The molecule has 0 spiro atoms. The largest absolute Gasteiger partial charge is 0.350 e. The molecule has 1 amide bonds. The summed E-state index contributed by atoms with van der Waals surface area (Å²) in [6, 6.07) is 6.17. The number of likely N-dealkylation sites (N-methyl/N-ethyl adjacent to an activating group) is 1. The summed E-state index contributed by atoms with van der Waals surface area (Å²) in [4.78, 5) is 12.0. The number of hydrogen-bond donors (Lipinski definition) is 2. The van der Waals surface area contributed by atoms with Crippen LogP contribution in [0.3, 0.4) is 0 Å². The van der Waals surface area contributed by atoms with E-state index in [0.29, 0.717) is 12.1 Å². The zero-order chi connectivity index (χ0) is 13.8. The second kappa shape index (κ2) is 5.97. The Morgan fingerprint density at radius 3 is 2.61 bits per heavy atom. The van der Waals surface area contributed by atoms with Gasteiger partial charge in [-0.3, -0.25) is 4.79 Å². The Labute approximate surface area is 108 Å². The van der Waals surface area contributed by atoms with Crippen LogP contribution >= 0.6 is 0 Å². The molecule has 0 saturated heterocycles. The van der Waals surface area contributed by atoms with E-state index in [9.17, 15) is 13.2 Å². The molecule has 0 bridgehead atoms. The second-order valence-corrected chi connectivity index (χ2v) is 6.22. The Balaban J connectivity index is 2.81. The van der Waals surface area contributed by atoms with Crippen LogP contribution in [0.15, 0.2) is 29.2 Å².